The number of aromatic nitrogens is 3. The van der Waals surface area contributed by atoms with E-state index in [4.69, 9.17) is 23.2 Å². The first kappa shape index (κ1) is 10.5. The molecule has 1 unspecified atom stereocenters. The molecule has 2 rings (SSSR count). The van der Waals surface area contributed by atoms with Gasteiger partial charge in [0.15, 0.2) is 0 Å². The third kappa shape index (κ3) is 1.98. The van der Waals surface area contributed by atoms with Crippen LogP contribution < -0.4 is 0 Å². The second-order valence-corrected chi connectivity index (χ2v) is 4.01. The number of hydrogen-bond donors (Lipinski definition) is 0. The van der Waals surface area contributed by atoms with Crippen LogP contribution in [-0.2, 0) is 0 Å². The molecule has 2 aromatic rings. The van der Waals surface area contributed by atoms with Gasteiger partial charge in [-0.3, -0.25) is 0 Å². The molecule has 78 valence electrons. The van der Waals surface area contributed by atoms with Gasteiger partial charge in [0.25, 0.3) is 0 Å². The average molecular weight is 242 g/mol. The van der Waals surface area contributed by atoms with Crippen molar-refractivity contribution in [1.82, 2.24) is 15.0 Å². The highest BCUT2D eigenvalue weighted by Gasteiger charge is 2.15. The standard InChI is InChI=1S/C10H9Cl2N3/c1-7(15-6-5-13-14-15)10-8(11)3-2-4-9(10)12/h2-7H,1H3. The molecule has 5 heteroatoms. The van der Waals surface area contributed by atoms with Gasteiger partial charge in [0.2, 0.25) is 0 Å². The number of hydrogen-bond acceptors (Lipinski definition) is 2. The van der Waals surface area contributed by atoms with E-state index in [0.29, 0.717) is 10.0 Å². The highest BCUT2D eigenvalue weighted by molar-refractivity contribution is 6.36. The molecule has 0 spiro atoms. The van der Waals surface area contributed by atoms with Crippen molar-refractivity contribution < 1.29 is 0 Å². The summed E-state index contributed by atoms with van der Waals surface area (Å²) in [6.07, 6.45) is 3.41. The minimum Gasteiger partial charge on any atom is -0.245 e. The van der Waals surface area contributed by atoms with Crippen LogP contribution >= 0.6 is 23.2 Å². The Hall–Kier alpha value is -1.06. The molecule has 3 nitrogen and oxygen atoms in total. The van der Waals surface area contributed by atoms with E-state index in [0.717, 1.165) is 5.56 Å². The van der Waals surface area contributed by atoms with Gasteiger partial charge in [0.05, 0.1) is 12.2 Å². The molecule has 15 heavy (non-hydrogen) atoms. The maximum absolute atomic E-state index is 6.10. The van der Waals surface area contributed by atoms with Gasteiger partial charge >= 0.3 is 0 Å². The molecule has 1 aromatic carbocycles. The van der Waals surface area contributed by atoms with Crippen molar-refractivity contribution in [3.8, 4) is 0 Å². The topological polar surface area (TPSA) is 30.7 Å². The molecule has 0 amide bonds. The van der Waals surface area contributed by atoms with E-state index in [1.54, 1.807) is 17.1 Å². The van der Waals surface area contributed by atoms with Crippen molar-refractivity contribution in [3.05, 3.63) is 46.2 Å². The molecule has 0 saturated carbocycles. The van der Waals surface area contributed by atoms with Gasteiger partial charge in [-0.15, -0.1) is 5.10 Å². The molecule has 1 atom stereocenters. The molecule has 1 heterocycles. The Bertz CT molecular complexity index is 433. The summed E-state index contributed by atoms with van der Waals surface area (Å²) >= 11 is 12.2. The third-order valence-electron chi connectivity index (χ3n) is 2.26. The molecule has 0 fully saturated rings. The van der Waals surface area contributed by atoms with Crippen LogP contribution in [0.1, 0.15) is 18.5 Å². The Morgan fingerprint density at radius 1 is 1.27 bits per heavy atom. The fourth-order valence-corrected chi connectivity index (χ4v) is 2.18. The van der Waals surface area contributed by atoms with E-state index >= 15 is 0 Å². The lowest BCUT2D eigenvalue weighted by atomic mass is 10.1. The fourth-order valence-electron chi connectivity index (χ4n) is 1.47. The summed E-state index contributed by atoms with van der Waals surface area (Å²) in [6.45, 7) is 1.97. The van der Waals surface area contributed by atoms with Gasteiger partial charge in [-0.2, -0.15) is 0 Å². The summed E-state index contributed by atoms with van der Waals surface area (Å²) in [5, 5.41) is 8.97. The smallest absolute Gasteiger partial charge is 0.0787 e. The van der Waals surface area contributed by atoms with E-state index < -0.39 is 0 Å². The summed E-state index contributed by atoms with van der Waals surface area (Å²) in [5.41, 5.74) is 0.867. The highest BCUT2D eigenvalue weighted by atomic mass is 35.5. The van der Waals surface area contributed by atoms with Crippen LogP contribution in [0.4, 0.5) is 0 Å². The molecule has 0 radical (unpaired) electrons. The van der Waals surface area contributed by atoms with Crippen molar-refractivity contribution in [2.45, 2.75) is 13.0 Å². The molecule has 0 aliphatic rings. The normalized spacial score (nSPS) is 12.7. The summed E-state index contributed by atoms with van der Waals surface area (Å²) in [7, 11) is 0. The Kier molecular flexibility index (Phi) is 2.93. The van der Waals surface area contributed by atoms with Crippen molar-refractivity contribution >= 4 is 23.2 Å². The lowest BCUT2D eigenvalue weighted by Crippen LogP contribution is -2.08. The molecule has 0 aliphatic heterocycles. The highest BCUT2D eigenvalue weighted by Crippen LogP contribution is 2.31. The van der Waals surface area contributed by atoms with Crippen LogP contribution in [-0.4, -0.2) is 15.0 Å². The summed E-state index contributed by atoms with van der Waals surface area (Å²) in [6, 6.07) is 5.43. The lowest BCUT2D eigenvalue weighted by Gasteiger charge is -2.14. The largest absolute Gasteiger partial charge is 0.245 e. The summed E-state index contributed by atoms with van der Waals surface area (Å²) in [4.78, 5) is 0. The Balaban J connectivity index is 2.46. The van der Waals surface area contributed by atoms with Gasteiger partial charge < -0.3 is 0 Å². The van der Waals surface area contributed by atoms with Crippen molar-refractivity contribution in [2.24, 2.45) is 0 Å². The minimum absolute atomic E-state index is 0.0197. The van der Waals surface area contributed by atoms with E-state index in [1.807, 2.05) is 25.1 Å². The predicted molar refractivity (Wildman–Crippen MR) is 60.3 cm³/mol. The van der Waals surface area contributed by atoms with Crippen LogP contribution in [0.5, 0.6) is 0 Å². The maximum atomic E-state index is 6.10. The first-order valence-corrected chi connectivity index (χ1v) is 5.25. The number of benzene rings is 1. The third-order valence-corrected chi connectivity index (χ3v) is 2.91. The van der Waals surface area contributed by atoms with E-state index in [1.165, 1.54) is 0 Å². The average Bonchev–Trinajstić information content (AvgIpc) is 2.69. The molecule has 1 aromatic heterocycles. The van der Waals surface area contributed by atoms with Crippen LogP contribution in [0.15, 0.2) is 30.6 Å². The second kappa shape index (κ2) is 4.21. The van der Waals surface area contributed by atoms with E-state index in [-0.39, 0.29) is 6.04 Å². The van der Waals surface area contributed by atoms with Gasteiger partial charge in [0, 0.05) is 21.8 Å². The quantitative estimate of drug-likeness (QED) is 0.809. The van der Waals surface area contributed by atoms with Gasteiger partial charge in [-0.25, -0.2) is 4.68 Å². The van der Waals surface area contributed by atoms with Gasteiger partial charge in [0.1, 0.15) is 0 Å². The molecule has 0 saturated heterocycles. The summed E-state index contributed by atoms with van der Waals surface area (Å²) < 4.78 is 1.72. The second-order valence-electron chi connectivity index (χ2n) is 3.19. The zero-order valence-electron chi connectivity index (χ0n) is 8.06. The Morgan fingerprint density at radius 3 is 2.47 bits per heavy atom. The van der Waals surface area contributed by atoms with Crippen molar-refractivity contribution in [1.29, 1.82) is 0 Å². The molecule has 0 N–H and O–H groups in total. The zero-order valence-corrected chi connectivity index (χ0v) is 9.57. The predicted octanol–water partition coefficient (Wildman–Crippen LogP) is 3.19. The number of nitrogens with zero attached hydrogens (tertiary/aromatic N) is 3. The number of rotatable bonds is 2. The minimum atomic E-state index is -0.0197. The monoisotopic (exact) mass is 241 g/mol. The van der Waals surface area contributed by atoms with E-state index in [9.17, 15) is 0 Å². The molecular formula is C10H9Cl2N3. The van der Waals surface area contributed by atoms with Crippen molar-refractivity contribution in [3.63, 3.8) is 0 Å². The zero-order chi connectivity index (χ0) is 10.8. The lowest BCUT2D eigenvalue weighted by molar-refractivity contribution is 0.543. The molecular weight excluding hydrogens is 233 g/mol. The van der Waals surface area contributed by atoms with Crippen LogP contribution in [0.2, 0.25) is 10.0 Å². The van der Waals surface area contributed by atoms with Crippen LogP contribution in [0.3, 0.4) is 0 Å². The summed E-state index contributed by atoms with van der Waals surface area (Å²) in [5.74, 6) is 0. The van der Waals surface area contributed by atoms with Crippen molar-refractivity contribution in [2.75, 3.05) is 0 Å². The van der Waals surface area contributed by atoms with Gasteiger partial charge in [-0.05, 0) is 19.1 Å². The molecule has 0 aliphatic carbocycles. The Labute approximate surface area is 97.6 Å². The van der Waals surface area contributed by atoms with E-state index in [2.05, 4.69) is 10.3 Å². The first-order chi connectivity index (χ1) is 7.20. The number of halogens is 2. The fraction of sp³-hybridized carbons (Fsp3) is 0.200. The first-order valence-electron chi connectivity index (χ1n) is 4.50. The van der Waals surface area contributed by atoms with Crippen LogP contribution in [0, 0.1) is 0 Å². The van der Waals surface area contributed by atoms with Gasteiger partial charge in [-0.1, -0.05) is 34.5 Å². The maximum Gasteiger partial charge on any atom is 0.0787 e. The SMILES string of the molecule is CC(c1c(Cl)cccc1Cl)n1ccnn1. The molecule has 0 bridgehead atoms. The van der Waals surface area contributed by atoms with Crippen LogP contribution in [0.25, 0.3) is 0 Å². The Morgan fingerprint density at radius 2 is 1.93 bits per heavy atom.